The molecule has 0 aliphatic heterocycles. The van der Waals surface area contributed by atoms with Gasteiger partial charge in [-0.3, -0.25) is 5.41 Å². The number of hydrogen-bond donors (Lipinski definition) is 3. The highest BCUT2D eigenvalue weighted by Crippen LogP contribution is 1.89. The Morgan fingerprint density at radius 1 is 1.45 bits per heavy atom. The summed E-state index contributed by atoms with van der Waals surface area (Å²) in [5.74, 6) is 0.396. The molecule has 0 saturated heterocycles. The summed E-state index contributed by atoms with van der Waals surface area (Å²) in [4.78, 5) is 0. The number of amidine groups is 1. The van der Waals surface area contributed by atoms with Crippen LogP contribution >= 0.6 is 0 Å². The van der Waals surface area contributed by atoms with Crippen molar-refractivity contribution in [2.24, 2.45) is 0 Å². The standard InChI is InChI=1S/C8H13N3/c1-3-8(5-4-6-9)11-7(2)10/h3-6,9H,1-2H3,(H2,10,11)/b5-4-,8-3+,9-6?. The van der Waals surface area contributed by atoms with Gasteiger partial charge in [0.25, 0.3) is 0 Å². The molecule has 3 heteroatoms. The smallest absolute Gasteiger partial charge is 0.0943 e. The zero-order chi connectivity index (χ0) is 8.69. The van der Waals surface area contributed by atoms with Crippen molar-refractivity contribution in [3.05, 3.63) is 23.9 Å². The van der Waals surface area contributed by atoms with Crippen molar-refractivity contribution < 1.29 is 0 Å². The lowest BCUT2D eigenvalue weighted by Crippen LogP contribution is -2.16. The minimum Gasteiger partial charge on any atom is -0.345 e. The Kier molecular flexibility index (Phi) is 4.73. The summed E-state index contributed by atoms with van der Waals surface area (Å²) in [6.07, 6.45) is 6.39. The molecule has 0 aliphatic rings. The van der Waals surface area contributed by atoms with Gasteiger partial charge in [-0.05, 0) is 26.0 Å². The van der Waals surface area contributed by atoms with Crippen molar-refractivity contribution in [1.82, 2.24) is 5.32 Å². The fourth-order valence-corrected chi connectivity index (χ4v) is 0.578. The van der Waals surface area contributed by atoms with Crippen LogP contribution in [-0.4, -0.2) is 12.1 Å². The first kappa shape index (κ1) is 9.62. The van der Waals surface area contributed by atoms with Crippen LogP contribution in [-0.2, 0) is 0 Å². The van der Waals surface area contributed by atoms with Gasteiger partial charge in [0.15, 0.2) is 0 Å². The molecule has 0 bridgehead atoms. The zero-order valence-corrected chi connectivity index (χ0v) is 6.81. The maximum absolute atomic E-state index is 7.12. The highest BCUT2D eigenvalue weighted by molar-refractivity contribution is 5.79. The average Bonchev–Trinajstić information content (AvgIpc) is 1.97. The second kappa shape index (κ2) is 5.41. The van der Waals surface area contributed by atoms with Crippen LogP contribution in [0.25, 0.3) is 0 Å². The van der Waals surface area contributed by atoms with Crippen molar-refractivity contribution in [2.45, 2.75) is 13.8 Å². The van der Waals surface area contributed by atoms with E-state index in [4.69, 9.17) is 10.8 Å². The molecule has 0 fully saturated rings. The predicted octanol–water partition coefficient (Wildman–Crippen LogP) is 1.68. The van der Waals surface area contributed by atoms with Gasteiger partial charge in [-0.2, -0.15) is 0 Å². The molecular weight excluding hydrogens is 138 g/mol. The van der Waals surface area contributed by atoms with E-state index in [-0.39, 0.29) is 0 Å². The SMILES string of the molecule is C/C=C(\C=C/C=N)NC(C)=N. The fraction of sp³-hybridized carbons (Fsp3) is 0.250. The van der Waals surface area contributed by atoms with Crippen molar-refractivity contribution in [1.29, 1.82) is 10.8 Å². The van der Waals surface area contributed by atoms with Gasteiger partial charge in [0.1, 0.15) is 0 Å². The minimum absolute atomic E-state index is 0.396. The van der Waals surface area contributed by atoms with Crippen LogP contribution in [0.3, 0.4) is 0 Å². The van der Waals surface area contributed by atoms with Crippen LogP contribution < -0.4 is 5.32 Å². The van der Waals surface area contributed by atoms with Crippen molar-refractivity contribution in [3.8, 4) is 0 Å². The first-order valence-corrected chi connectivity index (χ1v) is 3.36. The van der Waals surface area contributed by atoms with Gasteiger partial charge in [-0.15, -0.1) is 0 Å². The van der Waals surface area contributed by atoms with Gasteiger partial charge in [0.2, 0.25) is 0 Å². The summed E-state index contributed by atoms with van der Waals surface area (Å²) in [6, 6.07) is 0. The monoisotopic (exact) mass is 151 g/mol. The second-order valence-electron chi connectivity index (χ2n) is 2.02. The summed E-state index contributed by atoms with van der Waals surface area (Å²) in [5, 5.41) is 16.7. The molecule has 0 aromatic rings. The van der Waals surface area contributed by atoms with Crippen LogP contribution in [0.4, 0.5) is 0 Å². The van der Waals surface area contributed by atoms with E-state index in [1.165, 1.54) is 6.21 Å². The van der Waals surface area contributed by atoms with E-state index in [0.29, 0.717) is 5.84 Å². The molecule has 0 atom stereocenters. The second-order valence-corrected chi connectivity index (χ2v) is 2.02. The van der Waals surface area contributed by atoms with Gasteiger partial charge in [-0.1, -0.05) is 6.08 Å². The van der Waals surface area contributed by atoms with Crippen LogP contribution in [0.5, 0.6) is 0 Å². The maximum atomic E-state index is 7.12. The Labute approximate surface area is 66.8 Å². The van der Waals surface area contributed by atoms with Crippen LogP contribution in [0, 0.1) is 10.8 Å². The maximum Gasteiger partial charge on any atom is 0.0943 e. The van der Waals surface area contributed by atoms with Crippen molar-refractivity contribution >= 4 is 12.1 Å². The van der Waals surface area contributed by atoms with E-state index in [2.05, 4.69) is 5.32 Å². The van der Waals surface area contributed by atoms with Gasteiger partial charge < -0.3 is 10.7 Å². The topological polar surface area (TPSA) is 59.7 Å². The zero-order valence-electron chi connectivity index (χ0n) is 6.81. The van der Waals surface area contributed by atoms with Gasteiger partial charge >= 0.3 is 0 Å². The largest absolute Gasteiger partial charge is 0.345 e. The molecule has 3 N–H and O–H groups in total. The number of nitrogens with one attached hydrogen (secondary N) is 3. The average molecular weight is 151 g/mol. The Balaban J connectivity index is 4.08. The molecule has 0 unspecified atom stereocenters. The molecule has 0 amide bonds. The molecule has 0 rings (SSSR count). The Hall–Kier alpha value is -1.38. The first-order valence-electron chi connectivity index (χ1n) is 3.36. The third-order valence-electron chi connectivity index (χ3n) is 1.01. The first-order chi connectivity index (χ1) is 5.20. The number of rotatable bonds is 3. The van der Waals surface area contributed by atoms with Gasteiger partial charge in [0.05, 0.1) is 5.84 Å². The van der Waals surface area contributed by atoms with E-state index >= 15 is 0 Å². The molecule has 11 heavy (non-hydrogen) atoms. The fourth-order valence-electron chi connectivity index (χ4n) is 0.578. The summed E-state index contributed by atoms with van der Waals surface area (Å²) in [6.45, 7) is 3.54. The normalized spacial score (nSPS) is 11.6. The number of hydrogen-bond acceptors (Lipinski definition) is 2. The Bertz CT molecular complexity index is 201. The summed E-state index contributed by atoms with van der Waals surface area (Å²) in [7, 11) is 0. The molecule has 0 aromatic heterocycles. The summed E-state index contributed by atoms with van der Waals surface area (Å²) < 4.78 is 0. The van der Waals surface area contributed by atoms with E-state index in [0.717, 1.165) is 5.70 Å². The third-order valence-corrected chi connectivity index (χ3v) is 1.01. The van der Waals surface area contributed by atoms with Crippen molar-refractivity contribution in [3.63, 3.8) is 0 Å². The van der Waals surface area contributed by atoms with Gasteiger partial charge in [-0.25, -0.2) is 0 Å². The molecule has 3 nitrogen and oxygen atoms in total. The summed E-state index contributed by atoms with van der Waals surface area (Å²) >= 11 is 0. The molecule has 0 aliphatic carbocycles. The van der Waals surface area contributed by atoms with E-state index < -0.39 is 0 Å². The summed E-state index contributed by atoms with van der Waals surface area (Å²) in [5.41, 5.74) is 0.834. The Morgan fingerprint density at radius 2 is 2.09 bits per heavy atom. The lowest BCUT2D eigenvalue weighted by Gasteiger charge is -2.02. The third kappa shape index (κ3) is 5.08. The molecule has 0 saturated carbocycles. The highest BCUT2D eigenvalue weighted by atomic mass is 14.9. The molecular formula is C8H13N3. The quantitative estimate of drug-likeness (QED) is 0.321. The lowest BCUT2D eigenvalue weighted by molar-refractivity contribution is 1.13. The van der Waals surface area contributed by atoms with Crippen molar-refractivity contribution in [2.75, 3.05) is 0 Å². The van der Waals surface area contributed by atoms with Gasteiger partial charge in [0, 0.05) is 11.9 Å². The van der Waals surface area contributed by atoms with E-state index in [9.17, 15) is 0 Å². The minimum atomic E-state index is 0.396. The lowest BCUT2D eigenvalue weighted by atomic mass is 10.3. The van der Waals surface area contributed by atoms with Crippen LogP contribution in [0.1, 0.15) is 13.8 Å². The molecule has 0 aromatic carbocycles. The van der Waals surface area contributed by atoms with E-state index in [1.54, 1.807) is 19.1 Å². The van der Waals surface area contributed by atoms with E-state index in [1.807, 2.05) is 13.0 Å². The Morgan fingerprint density at radius 3 is 2.45 bits per heavy atom. The number of allylic oxidation sites excluding steroid dienone is 3. The predicted molar refractivity (Wildman–Crippen MR) is 48.2 cm³/mol. The molecule has 0 heterocycles. The van der Waals surface area contributed by atoms with Crippen LogP contribution in [0.15, 0.2) is 23.9 Å². The molecule has 0 spiro atoms. The van der Waals surface area contributed by atoms with Crippen LogP contribution in [0.2, 0.25) is 0 Å². The highest BCUT2D eigenvalue weighted by Gasteiger charge is 1.87. The molecule has 60 valence electrons. The molecule has 0 radical (unpaired) electrons.